The summed E-state index contributed by atoms with van der Waals surface area (Å²) in [6.45, 7) is 6.62. The van der Waals surface area contributed by atoms with Crippen LogP contribution in [0.5, 0.6) is 5.75 Å². The molecule has 1 rings (SSSR count). The Kier molecular flexibility index (Phi) is 5.63. The first-order valence-electron chi connectivity index (χ1n) is 6.55. The molecule has 1 unspecified atom stereocenters. The molecule has 3 heteroatoms. The van der Waals surface area contributed by atoms with Crippen LogP contribution < -0.4 is 10.5 Å². The number of nitrogens with zero attached hydrogens (tertiary/aromatic N) is 1. The largest absolute Gasteiger partial charge is 0.494 e. The van der Waals surface area contributed by atoms with E-state index in [0.29, 0.717) is 13.2 Å². The highest BCUT2D eigenvalue weighted by molar-refractivity contribution is 5.29. The molecule has 1 aromatic carbocycles. The van der Waals surface area contributed by atoms with E-state index in [2.05, 4.69) is 38.1 Å². The Hall–Kier alpha value is -1.06. The first-order valence-corrected chi connectivity index (χ1v) is 6.55. The van der Waals surface area contributed by atoms with Crippen molar-refractivity contribution in [1.82, 2.24) is 4.90 Å². The average Bonchev–Trinajstić information content (AvgIpc) is 2.28. The van der Waals surface area contributed by atoms with Crippen molar-refractivity contribution in [3.63, 3.8) is 0 Å². The minimum Gasteiger partial charge on any atom is -0.494 e. The molecule has 0 spiro atoms. The lowest BCUT2D eigenvalue weighted by molar-refractivity contribution is 0.224. The van der Waals surface area contributed by atoms with Crippen molar-refractivity contribution in [3.8, 4) is 5.75 Å². The van der Waals surface area contributed by atoms with E-state index in [-0.39, 0.29) is 5.41 Å². The smallest absolute Gasteiger partial charge is 0.119 e. The third-order valence-electron chi connectivity index (χ3n) is 3.03. The molecule has 0 bridgehead atoms. The average molecular weight is 250 g/mol. The van der Waals surface area contributed by atoms with Gasteiger partial charge in [0.1, 0.15) is 5.75 Å². The second-order valence-electron chi connectivity index (χ2n) is 5.51. The molecule has 0 fully saturated rings. The third-order valence-corrected chi connectivity index (χ3v) is 3.03. The van der Waals surface area contributed by atoms with Crippen molar-refractivity contribution in [2.45, 2.75) is 20.3 Å². The van der Waals surface area contributed by atoms with Crippen LogP contribution >= 0.6 is 0 Å². The van der Waals surface area contributed by atoms with Crippen molar-refractivity contribution in [3.05, 3.63) is 29.8 Å². The van der Waals surface area contributed by atoms with E-state index < -0.39 is 0 Å². The number of benzene rings is 1. The van der Waals surface area contributed by atoms with Gasteiger partial charge in [0.2, 0.25) is 0 Å². The highest BCUT2D eigenvalue weighted by Gasteiger charge is 2.24. The Morgan fingerprint density at radius 2 is 2.06 bits per heavy atom. The molecule has 102 valence electrons. The maximum atomic E-state index is 5.94. The second kappa shape index (κ2) is 6.76. The summed E-state index contributed by atoms with van der Waals surface area (Å²) in [4.78, 5) is 2.19. The van der Waals surface area contributed by atoms with Gasteiger partial charge in [0.15, 0.2) is 0 Å². The molecule has 0 heterocycles. The Morgan fingerprint density at radius 3 is 2.61 bits per heavy atom. The van der Waals surface area contributed by atoms with Gasteiger partial charge in [0, 0.05) is 6.54 Å². The van der Waals surface area contributed by atoms with Gasteiger partial charge in [0.05, 0.1) is 6.61 Å². The molecule has 18 heavy (non-hydrogen) atoms. The van der Waals surface area contributed by atoms with Crippen LogP contribution in [0.25, 0.3) is 0 Å². The van der Waals surface area contributed by atoms with E-state index in [1.165, 1.54) is 5.56 Å². The fourth-order valence-corrected chi connectivity index (χ4v) is 2.36. The number of rotatable bonds is 7. The number of ether oxygens (including phenoxy) is 1. The summed E-state index contributed by atoms with van der Waals surface area (Å²) in [5, 5.41) is 0. The topological polar surface area (TPSA) is 38.5 Å². The van der Waals surface area contributed by atoms with E-state index in [0.717, 1.165) is 18.7 Å². The lowest BCUT2D eigenvalue weighted by atomic mass is 9.83. The van der Waals surface area contributed by atoms with Gasteiger partial charge >= 0.3 is 0 Å². The molecule has 0 saturated carbocycles. The van der Waals surface area contributed by atoms with Crippen LogP contribution in [-0.2, 0) is 6.42 Å². The number of nitrogens with two attached hydrogens (primary N) is 1. The SMILES string of the molecule is CCOc1cccc(CC(C)(CN)CN(C)C)c1. The zero-order valence-corrected chi connectivity index (χ0v) is 12.1. The van der Waals surface area contributed by atoms with Gasteiger partial charge in [-0.3, -0.25) is 0 Å². The van der Waals surface area contributed by atoms with Crippen LogP contribution in [0.4, 0.5) is 0 Å². The highest BCUT2D eigenvalue weighted by atomic mass is 16.5. The Labute approximate surface area is 111 Å². The molecular formula is C15H26N2O. The Morgan fingerprint density at radius 1 is 1.33 bits per heavy atom. The van der Waals surface area contributed by atoms with E-state index in [1.807, 2.05) is 19.1 Å². The van der Waals surface area contributed by atoms with Crippen molar-refractivity contribution in [2.75, 3.05) is 33.8 Å². The minimum absolute atomic E-state index is 0.105. The van der Waals surface area contributed by atoms with Crippen LogP contribution in [0.1, 0.15) is 19.4 Å². The Balaban J connectivity index is 2.77. The summed E-state index contributed by atoms with van der Waals surface area (Å²) in [6, 6.07) is 8.31. The number of hydrogen-bond acceptors (Lipinski definition) is 3. The van der Waals surface area contributed by atoms with E-state index >= 15 is 0 Å². The zero-order valence-electron chi connectivity index (χ0n) is 12.1. The van der Waals surface area contributed by atoms with Gasteiger partial charge in [-0.25, -0.2) is 0 Å². The summed E-state index contributed by atoms with van der Waals surface area (Å²) in [7, 11) is 4.18. The van der Waals surface area contributed by atoms with E-state index in [4.69, 9.17) is 10.5 Å². The van der Waals surface area contributed by atoms with Gasteiger partial charge in [-0.05, 0) is 57.1 Å². The highest BCUT2D eigenvalue weighted by Crippen LogP contribution is 2.24. The van der Waals surface area contributed by atoms with E-state index in [1.54, 1.807) is 0 Å². The quantitative estimate of drug-likeness (QED) is 0.806. The molecule has 2 N–H and O–H groups in total. The fraction of sp³-hybridized carbons (Fsp3) is 0.600. The summed E-state index contributed by atoms with van der Waals surface area (Å²) in [6.07, 6.45) is 0.975. The van der Waals surface area contributed by atoms with Crippen molar-refractivity contribution in [2.24, 2.45) is 11.1 Å². The first-order chi connectivity index (χ1) is 8.49. The monoisotopic (exact) mass is 250 g/mol. The molecule has 3 nitrogen and oxygen atoms in total. The molecule has 1 aromatic rings. The first kappa shape index (κ1) is 15.0. The lowest BCUT2D eigenvalue weighted by Gasteiger charge is -2.31. The molecule has 0 radical (unpaired) electrons. The molecular weight excluding hydrogens is 224 g/mol. The molecule has 0 aromatic heterocycles. The summed E-state index contributed by atoms with van der Waals surface area (Å²) in [5.41, 5.74) is 7.34. The van der Waals surface area contributed by atoms with Crippen molar-refractivity contribution >= 4 is 0 Å². The van der Waals surface area contributed by atoms with Crippen LogP contribution in [0.3, 0.4) is 0 Å². The predicted molar refractivity (Wildman–Crippen MR) is 77.0 cm³/mol. The molecule has 0 aliphatic carbocycles. The molecule has 0 aliphatic rings. The van der Waals surface area contributed by atoms with Gasteiger partial charge in [0.25, 0.3) is 0 Å². The van der Waals surface area contributed by atoms with Crippen LogP contribution in [0, 0.1) is 5.41 Å². The maximum Gasteiger partial charge on any atom is 0.119 e. The summed E-state index contributed by atoms with van der Waals surface area (Å²) < 4.78 is 5.53. The fourth-order valence-electron chi connectivity index (χ4n) is 2.36. The molecule has 0 saturated heterocycles. The maximum absolute atomic E-state index is 5.94. The summed E-state index contributed by atoms with van der Waals surface area (Å²) in [5.74, 6) is 0.944. The van der Waals surface area contributed by atoms with Gasteiger partial charge in [-0.15, -0.1) is 0 Å². The molecule has 0 amide bonds. The van der Waals surface area contributed by atoms with Crippen molar-refractivity contribution in [1.29, 1.82) is 0 Å². The zero-order chi connectivity index (χ0) is 13.6. The normalized spacial score (nSPS) is 14.6. The van der Waals surface area contributed by atoms with Crippen molar-refractivity contribution < 1.29 is 4.74 Å². The second-order valence-corrected chi connectivity index (χ2v) is 5.51. The predicted octanol–water partition coefficient (Wildman–Crippen LogP) is 2.15. The third kappa shape index (κ3) is 4.67. The Bertz CT molecular complexity index is 365. The summed E-state index contributed by atoms with van der Waals surface area (Å²) >= 11 is 0. The standard InChI is InChI=1S/C15H26N2O/c1-5-18-14-8-6-7-13(9-14)10-15(2,11-16)12-17(3)4/h6-9H,5,10-12,16H2,1-4H3. The molecule has 1 atom stereocenters. The van der Waals surface area contributed by atoms with Gasteiger partial charge in [-0.2, -0.15) is 0 Å². The minimum atomic E-state index is 0.105. The van der Waals surface area contributed by atoms with Gasteiger partial charge in [-0.1, -0.05) is 19.1 Å². The molecule has 0 aliphatic heterocycles. The van der Waals surface area contributed by atoms with Gasteiger partial charge < -0.3 is 15.4 Å². The van der Waals surface area contributed by atoms with Crippen LogP contribution in [0.2, 0.25) is 0 Å². The van der Waals surface area contributed by atoms with E-state index in [9.17, 15) is 0 Å². The lowest BCUT2D eigenvalue weighted by Crippen LogP contribution is -2.39. The number of hydrogen-bond donors (Lipinski definition) is 1. The van der Waals surface area contributed by atoms with Crippen LogP contribution in [0.15, 0.2) is 24.3 Å². The van der Waals surface area contributed by atoms with Crippen LogP contribution in [-0.4, -0.2) is 38.7 Å².